The minimum absolute atomic E-state index is 0.0933. The molecule has 0 heterocycles. The molecule has 0 amide bonds. The SMILES string of the molecule is CCOCC1(C#N)C(c2ccc(C)cc2)C1S(=O)(=O)c1ccc(Cl)cc1. The Morgan fingerprint density at radius 3 is 2.31 bits per heavy atom. The number of hydrogen-bond donors (Lipinski definition) is 0. The third-order valence-electron chi connectivity index (χ3n) is 4.92. The maximum atomic E-state index is 13.2. The van der Waals surface area contributed by atoms with Crippen molar-refractivity contribution in [3.8, 4) is 6.07 Å². The fourth-order valence-electron chi connectivity index (χ4n) is 3.49. The van der Waals surface area contributed by atoms with Crippen molar-refractivity contribution in [2.75, 3.05) is 13.2 Å². The highest BCUT2D eigenvalue weighted by Crippen LogP contribution is 2.63. The molecule has 0 N–H and O–H groups in total. The van der Waals surface area contributed by atoms with Crippen molar-refractivity contribution in [1.29, 1.82) is 5.26 Å². The Morgan fingerprint density at radius 1 is 1.15 bits per heavy atom. The topological polar surface area (TPSA) is 67.2 Å². The van der Waals surface area contributed by atoms with E-state index in [1.165, 1.54) is 12.1 Å². The summed E-state index contributed by atoms with van der Waals surface area (Å²) in [6, 6.07) is 16.0. The van der Waals surface area contributed by atoms with E-state index in [2.05, 4.69) is 6.07 Å². The van der Waals surface area contributed by atoms with E-state index in [0.717, 1.165) is 11.1 Å². The number of nitrogens with zero attached hydrogens (tertiary/aromatic N) is 1. The first-order chi connectivity index (χ1) is 12.4. The average molecular weight is 390 g/mol. The third kappa shape index (κ3) is 3.14. The lowest BCUT2D eigenvalue weighted by Crippen LogP contribution is -2.19. The summed E-state index contributed by atoms with van der Waals surface area (Å²) >= 11 is 5.88. The molecular weight excluding hydrogens is 370 g/mol. The lowest BCUT2D eigenvalue weighted by atomic mass is 10.0. The summed E-state index contributed by atoms with van der Waals surface area (Å²) in [5.41, 5.74) is 0.849. The molecule has 136 valence electrons. The van der Waals surface area contributed by atoms with Crippen LogP contribution in [0.4, 0.5) is 0 Å². The van der Waals surface area contributed by atoms with Gasteiger partial charge in [0.1, 0.15) is 5.41 Å². The first-order valence-corrected chi connectivity index (χ1v) is 10.3. The van der Waals surface area contributed by atoms with Crippen molar-refractivity contribution in [3.05, 3.63) is 64.7 Å². The van der Waals surface area contributed by atoms with Crippen molar-refractivity contribution < 1.29 is 13.2 Å². The number of hydrogen-bond acceptors (Lipinski definition) is 4. The van der Waals surface area contributed by atoms with Gasteiger partial charge in [0.05, 0.1) is 22.8 Å². The third-order valence-corrected chi connectivity index (χ3v) is 7.47. The van der Waals surface area contributed by atoms with Crippen LogP contribution in [-0.4, -0.2) is 26.9 Å². The maximum Gasteiger partial charge on any atom is 0.183 e. The minimum Gasteiger partial charge on any atom is -0.380 e. The van der Waals surface area contributed by atoms with E-state index in [9.17, 15) is 13.7 Å². The molecule has 1 aliphatic carbocycles. The maximum absolute atomic E-state index is 13.2. The van der Waals surface area contributed by atoms with Crippen LogP contribution in [0.25, 0.3) is 0 Å². The Morgan fingerprint density at radius 2 is 1.77 bits per heavy atom. The number of rotatable bonds is 6. The number of sulfone groups is 1. The number of benzene rings is 2. The second-order valence-corrected chi connectivity index (χ2v) is 9.10. The summed E-state index contributed by atoms with van der Waals surface area (Å²) in [6.45, 7) is 4.32. The van der Waals surface area contributed by atoms with Crippen LogP contribution in [0.2, 0.25) is 5.02 Å². The van der Waals surface area contributed by atoms with E-state index < -0.39 is 26.4 Å². The molecule has 26 heavy (non-hydrogen) atoms. The van der Waals surface area contributed by atoms with Crippen molar-refractivity contribution in [1.82, 2.24) is 0 Å². The molecule has 1 fully saturated rings. The van der Waals surface area contributed by atoms with Crippen LogP contribution in [0.5, 0.6) is 0 Å². The van der Waals surface area contributed by atoms with Crippen LogP contribution in [0, 0.1) is 23.7 Å². The van der Waals surface area contributed by atoms with Crippen molar-refractivity contribution >= 4 is 21.4 Å². The van der Waals surface area contributed by atoms with Crippen molar-refractivity contribution in [2.45, 2.75) is 29.9 Å². The van der Waals surface area contributed by atoms with Crippen LogP contribution in [0.1, 0.15) is 24.0 Å². The van der Waals surface area contributed by atoms with Gasteiger partial charge in [-0.2, -0.15) is 5.26 Å². The van der Waals surface area contributed by atoms with Gasteiger partial charge < -0.3 is 4.74 Å². The predicted octanol–water partition coefficient (Wildman–Crippen LogP) is 4.13. The van der Waals surface area contributed by atoms with Gasteiger partial charge in [-0.25, -0.2) is 8.42 Å². The summed E-state index contributed by atoms with van der Waals surface area (Å²) in [7, 11) is -3.70. The monoisotopic (exact) mass is 389 g/mol. The number of halogens is 1. The molecule has 0 saturated heterocycles. The highest BCUT2D eigenvalue weighted by molar-refractivity contribution is 7.92. The van der Waals surface area contributed by atoms with Crippen molar-refractivity contribution in [2.24, 2.45) is 5.41 Å². The largest absolute Gasteiger partial charge is 0.380 e. The molecule has 0 spiro atoms. The standard InChI is InChI=1S/C20H20ClNO3S/c1-3-25-13-20(12-22)18(15-6-4-14(2)5-7-15)19(20)26(23,24)17-10-8-16(21)9-11-17/h4-11,18-19H,3,13H2,1-2H3. The molecule has 3 rings (SSSR count). The molecule has 0 bridgehead atoms. The van der Waals surface area contributed by atoms with Crippen molar-refractivity contribution in [3.63, 3.8) is 0 Å². The zero-order valence-corrected chi connectivity index (χ0v) is 16.2. The Bertz CT molecular complexity index is 933. The molecule has 1 aliphatic rings. The summed E-state index contributed by atoms with van der Waals surface area (Å²) in [6.07, 6.45) is 0. The second-order valence-electron chi connectivity index (χ2n) is 6.60. The van der Waals surface area contributed by atoms with Gasteiger partial charge >= 0.3 is 0 Å². The van der Waals surface area contributed by atoms with E-state index in [-0.39, 0.29) is 11.5 Å². The smallest absolute Gasteiger partial charge is 0.183 e. The Kier molecular flexibility index (Phi) is 5.12. The molecule has 3 unspecified atom stereocenters. The van der Waals surface area contributed by atoms with E-state index in [1.54, 1.807) is 12.1 Å². The van der Waals surface area contributed by atoms with Gasteiger partial charge in [0, 0.05) is 17.5 Å². The van der Waals surface area contributed by atoms with E-state index in [1.807, 2.05) is 38.1 Å². The molecule has 2 aromatic rings. The van der Waals surface area contributed by atoms with Gasteiger partial charge in [-0.15, -0.1) is 0 Å². The van der Waals surface area contributed by atoms with Gasteiger partial charge in [0.25, 0.3) is 0 Å². The number of ether oxygens (including phenoxy) is 1. The Labute approximate surface area is 159 Å². The van der Waals surface area contributed by atoms with Crippen LogP contribution >= 0.6 is 11.6 Å². The molecule has 0 radical (unpaired) electrons. The summed E-state index contributed by atoms with van der Waals surface area (Å²) in [5.74, 6) is -0.416. The van der Waals surface area contributed by atoms with Crippen LogP contribution < -0.4 is 0 Å². The first-order valence-electron chi connectivity index (χ1n) is 8.42. The fraction of sp³-hybridized carbons (Fsp3) is 0.350. The molecule has 6 heteroatoms. The predicted molar refractivity (Wildman–Crippen MR) is 101 cm³/mol. The van der Waals surface area contributed by atoms with E-state index in [4.69, 9.17) is 16.3 Å². The van der Waals surface area contributed by atoms with Gasteiger partial charge in [0.15, 0.2) is 9.84 Å². The zero-order chi connectivity index (χ0) is 18.9. The van der Waals surface area contributed by atoms with Crippen LogP contribution in [0.3, 0.4) is 0 Å². The van der Waals surface area contributed by atoms with Gasteiger partial charge in [-0.05, 0) is 43.7 Å². The highest BCUT2D eigenvalue weighted by atomic mass is 35.5. The van der Waals surface area contributed by atoms with Gasteiger partial charge in [-0.1, -0.05) is 41.4 Å². The molecule has 2 aromatic carbocycles. The van der Waals surface area contributed by atoms with Crippen LogP contribution in [0.15, 0.2) is 53.4 Å². The zero-order valence-electron chi connectivity index (χ0n) is 14.6. The summed E-state index contributed by atoms with van der Waals surface area (Å²) in [5, 5.41) is 9.51. The summed E-state index contributed by atoms with van der Waals surface area (Å²) < 4.78 is 32.0. The second kappa shape index (κ2) is 7.03. The van der Waals surface area contributed by atoms with E-state index in [0.29, 0.717) is 11.6 Å². The minimum atomic E-state index is -3.70. The Balaban J connectivity index is 2.05. The molecule has 0 aromatic heterocycles. The first kappa shape index (κ1) is 18.9. The quantitative estimate of drug-likeness (QED) is 0.744. The normalized spacial score (nSPS) is 24.8. The fourth-order valence-corrected chi connectivity index (χ4v) is 5.92. The molecule has 3 atom stereocenters. The average Bonchev–Trinajstić information content (AvgIpc) is 3.31. The highest BCUT2D eigenvalue weighted by Gasteiger charge is 2.72. The molecule has 0 aliphatic heterocycles. The van der Waals surface area contributed by atoms with E-state index >= 15 is 0 Å². The molecule has 1 saturated carbocycles. The number of aryl methyl sites for hydroxylation is 1. The Hall–Kier alpha value is -1.87. The van der Waals surface area contributed by atoms with Gasteiger partial charge in [0.2, 0.25) is 0 Å². The van der Waals surface area contributed by atoms with Gasteiger partial charge in [-0.3, -0.25) is 0 Å². The molecule has 4 nitrogen and oxygen atoms in total. The van der Waals surface area contributed by atoms with Crippen LogP contribution in [-0.2, 0) is 14.6 Å². The lowest BCUT2D eigenvalue weighted by molar-refractivity contribution is 0.117. The number of nitriles is 1. The molecular formula is C20H20ClNO3S. The summed E-state index contributed by atoms with van der Waals surface area (Å²) in [4.78, 5) is 0.178. The lowest BCUT2D eigenvalue weighted by Gasteiger charge is -2.10.